The fourth-order valence-corrected chi connectivity index (χ4v) is 3.98. The molecule has 4 rings (SSSR count). The topological polar surface area (TPSA) is 65.4 Å². The quantitative estimate of drug-likeness (QED) is 0.531. The standard InChI is InChI=1S/C25H31N3O3/c1-18-11-12-20(17-19(18)2)30-16-14-28-22-8-4-3-7-21(22)27-24(28)10-5-13-26-25(29)23-9-6-15-31-23/h3-4,7-8,11-12,17,23H,5-6,9-10,13-16H2,1-2H3,(H,26,29). The van der Waals surface area contributed by atoms with Crippen LogP contribution >= 0.6 is 0 Å². The molecule has 1 aromatic heterocycles. The Kier molecular flexibility index (Phi) is 6.87. The summed E-state index contributed by atoms with van der Waals surface area (Å²) in [4.78, 5) is 16.9. The van der Waals surface area contributed by atoms with Gasteiger partial charge >= 0.3 is 0 Å². The Balaban J connectivity index is 1.36. The fourth-order valence-electron chi connectivity index (χ4n) is 3.98. The number of imidazole rings is 1. The van der Waals surface area contributed by atoms with Gasteiger partial charge in [-0.3, -0.25) is 4.79 Å². The van der Waals surface area contributed by atoms with E-state index in [4.69, 9.17) is 14.5 Å². The first-order chi connectivity index (χ1) is 15.1. The Bertz CT molecular complexity index is 1040. The van der Waals surface area contributed by atoms with Crippen molar-refractivity contribution in [3.8, 4) is 5.75 Å². The van der Waals surface area contributed by atoms with E-state index < -0.39 is 0 Å². The highest BCUT2D eigenvalue weighted by Crippen LogP contribution is 2.19. The lowest BCUT2D eigenvalue weighted by Gasteiger charge is -2.13. The Labute approximate surface area is 183 Å². The molecule has 1 saturated heterocycles. The monoisotopic (exact) mass is 421 g/mol. The van der Waals surface area contributed by atoms with Gasteiger partial charge in [0.05, 0.1) is 17.6 Å². The minimum absolute atomic E-state index is 0.00722. The number of aromatic nitrogens is 2. The maximum atomic E-state index is 12.1. The molecule has 0 bridgehead atoms. The Morgan fingerprint density at radius 2 is 2.10 bits per heavy atom. The Morgan fingerprint density at radius 1 is 1.23 bits per heavy atom. The number of nitrogens with one attached hydrogen (secondary N) is 1. The van der Waals surface area contributed by atoms with Gasteiger partial charge in [-0.25, -0.2) is 4.98 Å². The van der Waals surface area contributed by atoms with E-state index >= 15 is 0 Å². The third-order valence-corrected chi connectivity index (χ3v) is 5.89. The fraction of sp³-hybridized carbons (Fsp3) is 0.440. The molecule has 1 N–H and O–H groups in total. The van der Waals surface area contributed by atoms with Crippen LogP contribution in [-0.2, 0) is 22.5 Å². The summed E-state index contributed by atoms with van der Waals surface area (Å²) in [5.41, 5.74) is 4.61. The minimum atomic E-state index is -0.271. The van der Waals surface area contributed by atoms with Gasteiger partial charge in [-0.15, -0.1) is 0 Å². The van der Waals surface area contributed by atoms with Crippen molar-refractivity contribution in [2.45, 2.75) is 52.2 Å². The molecule has 1 aliphatic rings. The summed E-state index contributed by atoms with van der Waals surface area (Å²) in [6, 6.07) is 14.4. The van der Waals surface area contributed by atoms with E-state index in [1.54, 1.807) is 0 Å². The molecule has 2 aromatic carbocycles. The third-order valence-electron chi connectivity index (χ3n) is 5.89. The minimum Gasteiger partial charge on any atom is -0.492 e. The summed E-state index contributed by atoms with van der Waals surface area (Å²) >= 11 is 0. The molecule has 2 heterocycles. The van der Waals surface area contributed by atoms with E-state index in [1.807, 2.05) is 24.3 Å². The average Bonchev–Trinajstić information content (AvgIpc) is 3.42. The SMILES string of the molecule is Cc1ccc(OCCn2c(CCCNC(=O)C3CCCO3)nc3ccccc32)cc1C. The second-order valence-electron chi connectivity index (χ2n) is 8.16. The summed E-state index contributed by atoms with van der Waals surface area (Å²) in [7, 11) is 0. The molecule has 1 aliphatic heterocycles. The highest BCUT2D eigenvalue weighted by molar-refractivity contribution is 5.80. The zero-order chi connectivity index (χ0) is 21.6. The van der Waals surface area contributed by atoms with Crippen LogP contribution in [0.3, 0.4) is 0 Å². The van der Waals surface area contributed by atoms with Crippen LogP contribution in [0.5, 0.6) is 5.75 Å². The van der Waals surface area contributed by atoms with Crippen LogP contribution in [0, 0.1) is 13.8 Å². The van der Waals surface area contributed by atoms with Crippen molar-refractivity contribution in [2.24, 2.45) is 0 Å². The van der Waals surface area contributed by atoms with E-state index in [9.17, 15) is 4.79 Å². The normalized spacial score (nSPS) is 16.0. The Hall–Kier alpha value is -2.86. The van der Waals surface area contributed by atoms with Crippen LogP contribution < -0.4 is 10.1 Å². The van der Waals surface area contributed by atoms with Gasteiger partial charge in [-0.05, 0) is 68.5 Å². The smallest absolute Gasteiger partial charge is 0.249 e. The molecule has 6 heteroatoms. The van der Waals surface area contributed by atoms with Gasteiger partial charge in [0, 0.05) is 19.6 Å². The highest BCUT2D eigenvalue weighted by Gasteiger charge is 2.22. The van der Waals surface area contributed by atoms with Crippen molar-refractivity contribution in [3.63, 3.8) is 0 Å². The first-order valence-electron chi connectivity index (χ1n) is 11.2. The van der Waals surface area contributed by atoms with E-state index in [0.717, 1.165) is 54.8 Å². The van der Waals surface area contributed by atoms with Crippen LogP contribution in [-0.4, -0.2) is 41.3 Å². The van der Waals surface area contributed by atoms with Gasteiger partial charge in [-0.2, -0.15) is 0 Å². The molecule has 1 unspecified atom stereocenters. The molecular weight excluding hydrogens is 390 g/mol. The van der Waals surface area contributed by atoms with Gasteiger partial charge in [0.1, 0.15) is 24.3 Å². The molecule has 0 aliphatic carbocycles. The first-order valence-corrected chi connectivity index (χ1v) is 11.2. The summed E-state index contributed by atoms with van der Waals surface area (Å²) in [5.74, 6) is 1.93. The summed E-state index contributed by atoms with van der Waals surface area (Å²) < 4.78 is 13.7. The second kappa shape index (κ2) is 9.96. The summed E-state index contributed by atoms with van der Waals surface area (Å²) in [6.07, 6.45) is 3.14. The molecular formula is C25H31N3O3. The molecule has 3 aromatic rings. The molecule has 0 spiro atoms. The zero-order valence-electron chi connectivity index (χ0n) is 18.4. The van der Waals surface area contributed by atoms with Crippen LogP contribution in [0.2, 0.25) is 0 Å². The predicted octanol–water partition coefficient (Wildman–Crippen LogP) is 3.96. The number of amides is 1. The summed E-state index contributed by atoms with van der Waals surface area (Å²) in [6.45, 7) is 6.82. The maximum absolute atomic E-state index is 12.1. The van der Waals surface area contributed by atoms with E-state index in [2.05, 4.69) is 41.9 Å². The molecule has 1 amide bonds. The largest absolute Gasteiger partial charge is 0.492 e. The molecule has 164 valence electrons. The highest BCUT2D eigenvalue weighted by atomic mass is 16.5. The van der Waals surface area contributed by atoms with Crippen molar-refractivity contribution in [1.29, 1.82) is 0 Å². The van der Waals surface area contributed by atoms with E-state index in [-0.39, 0.29) is 12.0 Å². The molecule has 6 nitrogen and oxygen atoms in total. The van der Waals surface area contributed by atoms with Crippen LogP contribution in [0.25, 0.3) is 11.0 Å². The Morgan fingerprint density at radius 3 is 2.90 bits per heavy atom. The number of ether oxygens (including phenoxy) is 2. The van der Waals surface area contributed by atoms with Gasteiger partial charge < -0.3 is 19.4 Å². The number of carbonyl (C=O) groups excluding carboxylic acids is 1. The lowest BCUT2D eigenvalue weighted by molar-refractivity contribution is -0.130. The van der Waals surface area contributed by atoms with Crippen molar-refractivity contribution in [2.75, 3.05) is 19.8 Å². The molecule has 1 atom stereocenters. The van der Waals surface area contributed by atoms with Crippen molar-refractivity contribution in [1.82, 2.24) is 14.9 Å². The number of hydrogen-bond donors (Lipinski definition) is 1. The van der Waals surface area contributed by atoms with Crippen molar-refractivity contribution >= 4 is 16.9 Å². The number of carbonyl (C=O) groups is 1. The average molecular weight is 422 g/mol. The molecule has 0 radical (unpaired) electrons. The molecule has 0 saturated carbocycles. The van der Waals surface area contributed by atoms with Gasteiger partial charge in [-0.1, -0.05) is 18.2 Å². The molecule has 31 heavy (non-hydrogen) atoms. The number of nitrogens with zero attached hydrogens (tertiary/aromatic N) is 2. The maximum Gasteiger partial charge on any atom is 0.249 e. The van der Waals surface area contributed by atoms with Crippen LogP contribution in [0.4, 0.5) is 0 Å². The number of fused-ring (bicyclic) bond motifs is 1. The lowest BCUT2D eigenvalue weighted by atomic mass is 10.1. The zero-order valence-corrected chi connectivity index (χ0v) is 18.4. The summed E-state index contributed by atoms with van der Waals surface area (Å²) in [5, 5.41) is 3.00. The van der Waals surface area contributed by atoms with Gasteiger partial charge in [0.15, 0.2) is 0 Å². The number of hydrogen-bond acceptors (Lipinski definition) is 4. The van der Waals surface area contributed by atoms with Crippen molar-refractivity contribution < 1.29 is 14.3 Å². The van der Waals surface area contributed by atoms with Crippen LogP contribution in [0.15, 0.2) is 42.5 Å². The number of para-hydroxylation sites is 2. The predicted molar refractivity (Wildman–Crippen MR) is 121 cm³/mol. The third kappa shape index (κ3) is 5.25. The van der Waals surface area contributed by atoms with E-state index in [0.29, 0.717) is 19.8 Å². The molecule has 1 fully saturated rings. The second-order valence-corrected chi connectivity index (χ2v) is 8.16. The number of benzene rings is 2. The number of rotatable bonds is 9. The first kappa shape index (κ1) is 21.4. The van der Waals surface area contributed by atoms with E-state index in [1.165, 1.54) is 11.1 Å². The van der Waals surface area contributed by atoms with Gasteiger partial charge in [0.25, 0.3) is 0 Å². The number of aryl methyl sites for hydroxylation is 3. The van der Waals surface area contributed by atoms with Gasteiger partial charge in [0.2, 0.25) is 5.91 Å². The van der Waals surface area contributed by atoms with Crippen molar-refractivity contribution in [3.05, 3.63) is 59.4 Å². The van der Waals surface area contributed by atoms with Crippen LogP contribution in [0.1, 0.15) is 36.2 Å². The lowest BCUT2D eigenvalue weighted by Crippen LogP contribution is -2.34.